The first-order chi connectivity index (χ1) is 22.5. The Balaban J connectivity index is 1.55. The van der Waals surface area contributed by atoms with E-state index in [1.54, 1.807) is 6.07 Å². The summed E-state index contributed by atoms with van der Waals surface area (Å²) in [6.45, 7) is 5.87. The van der Waals surface area contributed by atoms with E-state index >= 15 is 0 Å². The normalized spacial score (nSPS) is 11.1. The van der Waals surface area contributed by atoms with Crippen LogP contribution in [0.4, 0.5) is 17.1 Å². The van der Waals surface area contributed by atoms with E-state index in [1.165, 1.54) is 44.6 Å². The molecule has 0 spiro atoms. The van der Waals surface area contributed by atoms with Gasteiger partial charge in [0.2, 0.25) is 0 Å². The number of hydrogen-bond donors (Lipinski definition) is 1. The van der Waals surface area contributed by atoms with E-state index in [0.717, 1.165) is 65.7 Å². The van der Waals surface area contributed by atoms with Gasteiger partial charge in [0.25, 0.3) is 0 Å². The molecule has 6 nitrogen and oxygen atoms in total. The molecular formula is C40H44N2O4. The van der Waals surface area contributed by atoms with Crippen molar-refractivity contribution in [3.8, 4) is 28.7 Å². The lowest BCUT2D eigenvalue weighted by molar-refractivity contribution is -0.132. The monoisotopic (exact) mass is 616 g/mol. The number of benzene rings is 4. The van der Waals surface area contributed by atoms with Gasteiger partial charge in [-0.3, -0.25) is 0 Å². The second kappa shape index (κ2) is 18.1. The highest BCUT2D eigenvalue weighted by Crippen LogP contribution is 2.37. The summed E-state index contributed by atoms with van der Waals surface area (Å²) in [5, 5.41) is 18.2. The van der Waals surface area contributed by atoms with Crippen LogP contribution < -0.4 is 14.4 Å². The molecule has 0 aliphatic heterocycles. The van der Waals surface area contributed by atoms with Gasteiger partial charge in [0.15, 0.2) is 0 Å². The Hall–Kier alpha value is -5.02. The summed E-state index contributed by atoms with van der Waals surface area (Å²) in [7, 11) is 0. The van der Waals surface area contributed by atoms with Crippen LogP contribution >= 0.6 is 0 Å². The van der Waals surface area contributed by atoms with Crippen molar-refractivity contribution in [1.29, 1.82) is 5.26 Å². The average Bonchev–Trinajstić information content (AvgIpc) is 3.09. The van der Waals surface area contributed by atoms with Crippen LogP contribution in [0, 0.1) is 11.3 Å². The fourth-order valence-electron chi connectivity index (χ4n) is 5.15. The van der Waals surface area contributed by atoms with Crippen molar-refractivity contribution in [2.75, 3.05) is 18.1 Å². The Morgan fingerprint density at radius 2 is 1.07 bits per heavy atom. The van der Waals surface area contributed by atoms with Crippen LogP contribution in [-0.4, -0.2) is 24.3 Å². The number of hydrogen-bond acceptors (Lipinski definition) is 5. The van der Waals surface area contributed by atoms with E-state index in [0.29, 0.717) is 5.56 Å². The van der Waals surface area contributed by atoms with E-state index < -0.39 is 5.97 Å². The lowest BCUT2D eigenvalue weighted by Gasteiger charge is -2.26. The molecule has 1 N–H and O–H groups in total. The quantitative estimate of drug-likeness (QED) is 0.0680. The number of nitriles is 1. The minimum absolute atomic E-state index is 0.296. The number of ether oxygens (including phenoxy) is 2. The van der Waals surface area contributed by atoms with Crippen molar-refractivity contribution >= 4 is 29.1 Å². The predicted octanol–water partition coefficient (Wildman–Crippen LogP) is 10.7. The molecule has 0 atom stereocenters. The number of nitrogens with zero attached hydrogens (tertiary/aromatic N) is 2. The number of anilines is 3. The molecule has 0 amide bonds. The lowest BCUT2D eigenvalue weighted by atomic mass is 10.0. The summed E-state index contributed by atoms with van der Waals surface area (Å²) in [6, 6.07) is 34.0. The van der Waals surface area contributed by atoms with Crippen molar-refractivity contribution in [2.45, 2.75) is 65.2 Å². The van der Waals surface area contributed by atoms with Gasteiger partial charge in [0, 0.05) is 17.1 Å². The fraction of sp³-hybridized carbons (Fsp3) is 0.300. The maximum absolute atomic E-state index is 11.2. The topological polar surface area (TPSA) is 82.8 Å². The second-order valence-electron chi connectivity index (χ2n) is 11.3. The van der Waals surface area contributed by atoms with Gasteiger partial charge >= 0.3 is 5.97 Å². The van der Waals surface area contributed by atoms with Crippen LogP contribution in [-0.2, 0) is 4.79 Å². The fourth-order valence-corrected chi connectivity index (χ4v) is 5.15. The van der Waals surface area contributed by atoms with Crippen LogP contribution in [0.5, 0.6) is 11.5 Å². The number of aliphatic carboxylic acids is 1. The first-order valence-electron chi connectivity index (χ1n) is 16.3. The highest BCUT2D eigenvalue weighted by molar-refractivity contribution is 5.96. The molecule has 4 aromatic rings. The summed E-state index contributed by atoms with van der Waals surface area (Å²) in [5.74, 6) is 0.498. The van der Waals surface area contributed by atoms with Gasteiger partial charge in [-0.1, -0.05) is 88.8 Å². The number of unbranched alkanes of at least 4 members (excludes halogenated alkanes) is 6. The molecule has 4 aromatic carbocycles. The van der Waals surface area contributed by atoms with Gasteiger partial charge in [0.1, 0.15) is 23.1 Å². The molecule has 0 unspecified atom stereocenters. The van der Waals surface area contributed by atoms with E-state index in [4.69, 9.17) is 19.8 Å². The Labute approximate surface area is 273 Å². The molecule has 0 aromatic heterocycles. The molecule has 4 rings (SSSR count). The van der Waals surface area contributed by atoms with Gasteiger partial charge in [0.05, 0.1) is 13.2 Å². The first kappa shape index (κ1) is 33.9. The largest absolute Gasteiger partial charge is 0.494 e. The molecule has 6 heteroatoms. The maximum Gasteiger partial charge on any atom is 0.346 e. The molecule has 0 aliphatic carbocycles. The minimum atomic E-state index is -1.24. The standard InChI is InChI=1S/C40H44N2O4/c1-3-5-7-9-27-45-38-23-19-36(20-24-38)42(37-21-25-39(26-22-37)46-28-10-8-6-4-2)35-17-15-33(16-18-35)32-13-11-31(12-14-32)29-34(30-41)40(43)44/h11-26,29H,3-10,27-28H2,1-2H3,(H,43,44)/b34-29-. The van der Waals surface area contributed by atoms with Crippen molar-refractivity contribution in [1.82, 2.24) is 0 Å². The molecule has 0 heterocycles. The van der Waals surface area contributed by atoms with Crippen LogP contribution in [0.25, 0.3) is 17.2 Å². The zero-order valence-corrected chi connectivity index (χ0v) is 27.0. The van der Waals surface area contributed by atoms with Crippen LogP contribution in [0.2, 0.25) is 0 Å². The number of carboxylic acid groups (broad SMARTS) is 1. The molecule has 0 saturated heterocycles. The van der Waals surface area contributed by atoms with Crippen LogP contribution in [0.3, 0.4) is 0 Å². The number of rotatable bonds is 18. The van der Waals surface area contributed by atoms with E-state index in [2.05, 4.69) is 67.3 Å². The van der Waals surface area contributed by atoms with E-state index in [9.17, 15) is 4.79 Å². The number of carboxylic acids is 1. The van der Waals surface area contributed by atoms with Crippen molar-refractivity contribution in [3.63, 3.8) is 0 Å². The zero-order chi connectivity index (χ0) is 32.6. The predicted molar refractivity (Wildman–Crippen MR) is 187 cm³/mol. The summed E-state index contributed by atoms with van der Waals surface area (Å²) >= 11 is 0. The lowest BCUT2D eigenvalue weighted by Crippen LogP contribution is -2.10. The number of carbonyl (C=O) groups is 1. The molecule has 0 fully saturated rings. The minimum Gasteiger partial charge on any atom is -0.494 e. The molecule has 238 valence electrons. The van der Waals surface area contributed by atoms with Gasteiger partial charge < -0.3 is 19.5 Å². The van der Waals surface area contributed by atoms with Crippen molar-refractivity contribution in [3.05, 3.63) is 108 Å². The molecule has 46 heavy (non-hydrogen) atoms. The summed E-state index contributed by atoms with van der Waals surface area (Å²) in [5.41, 5.74) is 5.42. The summed E-state index contributed by atoms with van der Waals surface area (Å²) in [4.78, 5) is 13.4. The van der Waals surface area contributed by atoms with Gasteiger partial charge in [-0.2, -0.15) is 5.26 Å². The molecule has 0 bridgehead atoms. The molecule has 0 radical (unpaired) electrons. The second-order valence-corrected chi connectivity index (χ2v) is 11.3. The Morgan fingerprint density at radius 1 is 0.652 bits per heavy atom. The highest BCUT2D eigenvalue weighted by atomic mass is 16.5. The third-order valence-electron chi connectivity index (χ3n) is 7.75. The van der Waals surface area contributed by atoms with Crippen LogP contribution in [0.15, 0.2) is 103 Å². The van der Waals surface area contributed by atoms with Crippen molar-refractivity contribution in [2.24, 2.45) is 0 Å². The third kappa shape index (κ3) is 10.0. The maximum atomic E-state index is 11.2. The average molecular weight is 617 g/mol. The molecule has 0 aliphatic rings. The zero-order valence-electron chi connectivity index (χ0n) is 27.0. The van der Waals surface area contributed by atoms with Gasteiger partial charge in [-0.15, -0.1) is 0 Å². The van der Waals surface area contributed by atoms with Crippen LogP contribution in [0.1, 0.15) is 70.8 Å². The van der Waals surface area contributed by atoms with Gasteiger partial charge in [-0.05, 0) is 96.3 Å². The molecular weight excluding hydrogens is 572 g/mol. The summed E-state index contributed by atoms with van der Waals surface area (Å²) < 4.78 is 12.0. The summed E-state index contributed by atoms with van der Waals surface area (Å²) in [6.07, 6.45) is 10.7. The smallest absolute Gasteiger partial charge is 0.346 e. The Kier molecular flexibility index (Phi) is 13.3. The Bertz CT molecular complexity index is 1510. The van der Waals surface area contributed by atoms with E-state index in [-0.39, 0.29) is 5.57 Å². The van der Waals surface area contributed by atoms with Gasteiger partial charge in [-0.25, -0.2) is 4.79 Å². The van der Waals surface area contributed by atoms with E-state index in [1.807, 2.05) is 48.5 Å². The highest BCUT2D eigenvalue weighted by Gasteiger charge is 2.14. The third-order valence-corrected chi connectivity index (χ3v) is 7.75. The first-order valence-corrected chi connectivity index (χ1v) is 16.3. The van der Waals surface area contributed by atoms with Crippen molar-refractivity contribution < 1.29 is 19.4 Å². The Morgan fingerprint density at radius 3 is 1.46 bits per heavy atom. The molecule has 0 saturated carbocycles. The SMILES string of the molecule is CCCCCCOc1ccc(N(c2ccc(OCCCCCC)cc2)c2ccc(-c3ccc(/C=C(/C#N)C(=O)O)cc3)cc2)cc1.